The summed E-state index contributed by atoms with van der Waals surface area (Å²) in [6.07, 6.45) is 5.83. The van der Waals surface area contributed by atoms with Gasteiger partial charge in [-0.15, -0.1) is 0 Å². The van der Waals surface area contributed by atoms with Crippen LogP contribution < -0.4 is 15.5 Å². The van der Waals surface area contributed by atoms with Gasteiger partial charge >= 0.3 is 0 Å². The number of amides is 1. The summed E-state index contributed by atoms with van der Waals surface area (Å²) in [6.45, 7) is 1.86. The number of rotatable bonds is 5. The van der Waals surface area contributed by atoms with Gasteiger partial charge in [-0.05, 0) is 62.8 Å². The number of fused-ring (bicyclic) bond motifs is 4. The molecule has 160 valence electrons. The van der Waals surface area contributed by atoms with Gasteiger partial charge in [-0.3, -0.25) is 9.69 Å². The molecule has 1 aromatic rings. The number of likely N-dealkylation sites (N-methyl/N-ethyl adjacent to an activating group) is 1. The van der Waals surface area contributed by atoms with Crippen LogP contribution in [-0.2, 0) is 11.2 Å². The average Bonchev–Trinajstić information content (AvgIpc) is 3.41. The van der Waals surface area contributed by atoms with E-state index in [1.807, 2.05) is 6.07 Å². The quantitative estimate of drug-likeness (QED) is 0.773. The lowest BCUT2D eigenvalue weighted by molar-refractivity contribution is -0.124. The normalized spacial score (nSPS) is 33.5. The smallest absolute Gasteiger partial charge is 0.238 e. The van der Waals surface area contributed by atoms with E-state index in [0.717, 1.165) is 38.0 Å². The zero-order valence-corrected chi connectivity index (χ0v) is 17.5. The largest absolute Gasteiger partial charge is 0.368 e. The maximum atomic E-state index is 14.9. The minimum atomic E-state index is -0.724. The maximum Gasteiger partial charge on any atom is 0.238 e. The standard InChI is InChI=1S/C23H30FN5O/c1-28-19-6-7-20(28)13-29(12-19)18-5-3-14(21(24)10-18)8-17(11-25)27-23(30)22-15-2-4-16(9-15)26-22/h3,5,10,15-17,19-20,22,26H,2,4,6-9,12-13H2,1H3,(H,27,30)/t15?,16?,17-,19?,20?,22?/m0/s1. The van der Waals surface area contributed by atoms with E-state index >= 15 is 0 Å². The van der Waals surface area contributed by atoms with E-state index in [1.165, 1.54) is 12.8 Å². The number of piperazine rings is 1. The van der Waals surface area contributed by atoms with Crippen LogP contribution in [0.2, 0.25) is 0 Å². The summed E-state index contributed by atoms with van der Waals surface area (Å²) in [5.41, 5.74) is 1.38. The number of anilines is 1. The molecule has 0 spiro atoms. The van der Waals surface area contributed by atoms with Crippen molar-refractivity contribution >= 4 is 11.6 Å². The number of nitrogens with zero attached hydrogens (tertiary/aromatic N) is 3. The summed E-state index contributed by atoms with van der Waals surface area (Å²) in [4.78, 5) is 17.3. The number of benzene rings is 1. The molecule has 3 aliphatic heterocycles. The molecule has 3 heterocycles. The van der Waals surface area contributed by atoms with E-state index < -0.39 is 6.04 Å². The molecule has 30 heavy (non-hydrogen) atoms. The molecule has 1 aliphatic carbocycles. The molecule has 1 aromatic carbocycles. The Kier molecular flexibility index (Phi) is 5.16. The lowest BCUT2D eigenvalue weighted by atomic mass is 9.98. The highest BCUT2D eigenvalue weighted by molar-refractivity contribution is 5.83. The first-order valence-corrected chi connectivity index (χ1v) is 11.2. The molecule has 0 radical (unpaired) electrons. The Balaban J connectivity index is 1.22. The number of hydrogen-bond acceptors (Lipinski definition) is 5. The fourth-order valence-corrected chi connectivity index (χ4v) is 5.98. The Morgan fingerprint density at radius 2 is 2.07 bits per heavy atom. The van der Waals surface area contributed by atoms with Gasteiger partial charge in [0.15, 0.2) is 0 Å². The number of hydrogen-bond donors (Lipinski definition) is 2. The topological polar surface area (TPSA) is 71.4 Å². The van der Waals surface area contributed by atoms with E-state index in [9.17, 15) is 14.4 Å². The molecule has 4 fully saturated rings. The van der Waals surface area contributed by atoms with Gasteiger partial charge in [0.05, 0.1) is 12.1 Å². The zero-order chi connectivity index (χ0) is 20.8. The average molecular weight is 412 g/mol. The lowest BCUT2D eigenvalue weighted by Crippen LogP contribution is -2.52. The van der Waals surface area contributed by atoms with Gasteiger partial charge in [-0.1, -0.05) is 6.07 Å². The molecule has 7 heteroatoms. The van der Waals surface area contributed by atoms with Crippen LogP contribution in [0.3, 0.4) is 0 Å². The Morgan fingerprint density at radius 3 is 2.67 bits per heavy atom. The van der Waals surface area contributed by atoms with Crippen molar-refractivity contribution in [2.45, 2.75) is 68.7 Å². The Labute approximate surface area is 177 Å². The lowest BCUT2D eigenvalue weighted by Gasteiger charge is -2.40. The van der Waals surface area contributed by atoms with Crippen molar-refractivity contribution in [3.8, 4) is 6.07 Å². The highest BCUT2D eigenvalue weighted by atomic mass is 19.1. The fourth-order valence-electron chi connectivity index (χ4n) is 5.98. The number of carbonyl (C=O) groups is 1. The summed E-state index contributed by atoms with van der Waals surface area (Å²) >= 11 is 0. The summed E-state index contributed by atoms with van der Waals surface area (Å²) in [7, 11) is 2.19. The van der Waals surface area contributed by atoms with Crippen molar-refractivity contribution < 1.29 is 9.18 Å². The molecule has 1 amide bonds. The van der Waals surface area contributed by atoms with Crippen molar-refractivity contribution in [2.24, 2.45) is 5.92 Å². The third-order valence-corrected chi connectivity index (χ3v) is 7.79. The van der Waals surface area contributed by atoms with Gasteiger partial charge in [-0.2, -0.15) is 5.26 Å². The highest BCUT2D eigenvalue weighted by Crippen LogP contribution is 2.35. The van der Waals surface area contributed by atoms with Crippen LogP contribution in [0.4, 0.5) is 10.1 Å². The second kappa shape index (κ2) is 7.82. The second-order valence-corrected chi connectivity index (χ2v) is 9.54. The SMILES string of the molecule is CN1C2CCC1CN(c1ccc(C[C@@H](C#N)NC(=O)C3NC4CCC3C4)c(F)c1)C2. The van der Waals surface area contributed by atoms with Gasteiger partial charge in [0.1, 0.15) is 11.9 Å². The minimum absolute atomic E-state index is 0.126. The van der Waals surface area contributed by atoms with Gasteiger partial charge < -0.3 is 15.5 Å². The van der Waals surface area contributed by atoms with Crippen LogP contribution in [0.25, 0.3) is 0 Å². The molecule has 1 saturated carbocycles. The summed E-state index contributed by atoms with van der Waals surface area (Å²) in [5, 5.41) is 15.7. The van der Waals surface area contributed by atoms with Crippen molar-refractivity contribution in [3.05, 3.63) is 29.6 Å². The number of nitriles is 1. The molecule has 4 bridgehead atoms. The number of nitrogens with one attached hydrogen (secondary N) is 2. The molecule has 5 unspecified atom stereocenters. The fraction of sp³-hybridized carbons (Fsp3) is 0.652. The molecule has 6 atom stereocenters. The Bertz CT molecular complexity index is 856. The predicted octanol–water partition coefficient (Wildman–Crippen LogP) is 1.80. The molecule has 0 aromatic heterocycles. The van der Waals surface area contributed by atoms with Crippen LogP contribution in [0, 0.1) is 23.1 Å². The van der Waals surface area contributed by atoms with Crippen LogP contribution >= 0.6 is 0 Å². The van der Waals surface area contributed by atoms with Crippen LogP contribution in [-0.4, -0.2) is 61.2 Å². The van der Waals surface area contributed by atoms with E-state index in [0.29, 0.717) is 29.6 Å². The second-order valence-electron chi connectivity index (χ2n) is 9.54. The third-order valence-electron chi connectivity index (χ3n) is 7.79. The van der Waals surface area contributed by atoms with Crippen LogP contribution in [0.5, 0.6) is 0 Å². The summed E-state index contributed by atoms with van der Waals surface area (Å²) in [5.74, 6) is -0.0609. The molecule has 4 aliphatic rings. The van der Waals surface area contributed by atoms with Gasteiger partial charge in [0, 0.05) is 43.3 Å². The number of carbonyl (C=O) groups excluding carboxylic acids is 1. The number of halogens is 1. The van der Waals surface area contributed by atoms with Crippen LogP contribution in [0.1, 0.15) is 37.7 Å². The molecule has 3 saturated heterocycles. The molecule has 6 nitrogen and oxygen atoms in total. The first kappa shape index (κ1) is 19.8. The third kappa shape index (κ3) is 3.57. The first-order valence-electron chi connectivity index (χ1n) is 11.2. The Hall–Kier alpha value is -2.17. The summed E-state index contributed by atoms with van der Waals surface area (Å²) < 4.78 is 14.9. The highest BCUT2D eigenvalue weighted by Gasteiger charge is 2.43. The van der Waals surface area contributed by atoms with E-state index in [2.05, 4.69) is 33.6 Å². The molecular formula is C23H30FN5O. The van der Waals surface area contributed by atoms with E-state index in [4.69, 9.17) is 0 Å². The van der Waals surface area contributed by atoms with Crippen LogP contribution in [0.15, 0.2) is 18.2 Å². The van der Waals surface area contributed by atoms with Crippen molar-refractivity contribution in [3.63, 3.8) is 0 Å². The minimum Gasteiger partial charge on any atom is -0.368 e. The summed E-state index contributed by atoms with van der Waals surface area (Å²) in [6, 6.07) is 8.05. The van der Waals surface area contributed by atoms with E-state index in [-0.39, 0.29) is 24.2 Å². The van der Waals surface area contributed by atoms with Gasteiger partial charge in [0.25, 0.3) is 0 Å². The van der Waals surface area contributed by atoms with E-state index in [1.54, 1.807) is 12.1 Å². The van der Waals surface area contributed by atoms with Crippen molar-refractivity contribution in [2.75, 3.05) is 25.0 Å². The van der Waals surface area contributed by atoms with Crippen molar-refractivity contribution in [1.82, 2.24) is 15.5 Å². The predicted molar refractivity (Wildman–Crippen MR) is 112 cm³/mol. The zero-order valence-electron chi connectivity index (χ0n) is 17.5. The van der Waals surface area contributed by atoms with Gasteiger partial charge in [-0.25, -0.2) is 4.39 Å². The Morgan fingerprint density at radius 1 is 1.30 bits per heavy atom. The van der Waals surface area contributed by atoms with Crippen molar-refractivity contribution in [1.29, 1.82) is 5.26 Å². The molecular weight excluding hydrogens is 381 g/mol. The molecule has 2 N–H and O–H groups in total. The molecule has 5 rings (SSSR count). The monoisotopic (exact) mass is 411 g/mol. The van der Waals surface area contributed by atoms with Gasteiger partial charge in [0.2, 0.25) is 5.91 Å². The first-order chi connectivity index (χ1) is 14.5. The maximum absolute atomic E-state index is 14.9. The number of piperidine rings is 1.